The number of esters is 1. The number of nitrogens with one attached hydrogen (secondary N) is 1. The second kappa shape index (κ2) is 12.7. The van der Waals surface area contributed by atoms with Crippen molar-refractivity contribution in [2.75, 3.05) is 24.2 Å². The molecular formula is C31H30N4O6S2. The Balaban J connectivity index is 0.955. The molecule has 0 spiro atoms. The van der Waals surface area contributed by atoms with E-state index in [0.717, 1.165) is 65.1 Å². The Morgan fingerprint density at radius 3 is 2.56 bits per heavy atom. The third-order valence-electron chi connectivity index (χ3n) is 7.56. The summed E-state index contributed by atoms with van der Waals surface area (Å²) in [5.74, 6) is -0.650. The van der Waals surface area contributed by atoms with Crippen LogP contribution in [0.3, 0.4) is 0 Å². The van der Waals surface area contributed by atoms with Crippen molar-refractivity contribution in [3.05, 3.63) is 69.4 Å². The van der Waals surface area contributed by atoms with Crippen LogP contribution < -0.4 is 5.32 Å². The van der Waals surface area contributed by atoms with Crippen molar-refractivity contribution in [1.29, 1.82) is 0 Å². The van der Waals surface area contributed by atoms with Gasteiger partial charge in [0.05, 0.1) is 17.9 Å². The molecule has 1 aliphatic heterocycles. The number of hydrogen-bond donors (Lipinski definition) is 1. The number of unbranched alkanes of at least 4 members (excludes halogenated alkanes) is 2. The average molecular weight is 619 g/mol. The van der Waals surface area contributed by atoms with E-state index in [-0.39, 0.29) is 30.1 Å². The van der Waals surface area contributed by atoms with Crippen molar-refractivity contribution in [2.45, 2.75) is 57.1 Å². The molecule has 10 nitrogen and oxygen atoms in total. The Hall–Kier alpha value is -4.03. The molecule has 43 heavy (non-hydrogen) atoms. The van der Waals surface area contributed by atoms with Crippen LogP contribution in [0.5, 0.6) is 0 Å². The molecule has 0 unspecified atom stereocenters. The van der Waals surface area contributed by atoms with Gasteiger partial charge in [0, 0.05) is 34.4 Å². The number of carbonyl (C=O) groups excluding carboxylic acids is 4. The summed E-state index contributed by atoms with van der Waals surface area (Å²) >= 11 is 2.58. The maximum absolute atomic E-state index is 13.0. The summed E-state index contributed by atoms with van der Waals surface area (Å²) < 4.78 is 10.9. The third kappa shape index (κ3) is 5.94. The first-order chi connectivity index (χ1) is 20.9. The van der Waals surface area contributed by atoms with Crippen LogP contribution in [0.2, 0.25) is 0 Å². The fourth-order valence-corrected chi connectivity index (χ4v) is 7.48. The zero-order valence-electron chi connectivity index (χ0n) is 23.6. The van der Waals surface area contributed by atoms with Gasteiger partial charge in [0.25, 0.3) is 17.0 Å². The van der Waals surface area contributed by atoms with Crippen molar-refractivity contribution >= 4 is 62.6 Å². The Kier molecular flexibility index (Phi) is 8.57. The van der Waals surface area contributed by atoms with Crippen molar-refractivity contribution in [2.24, 2.45) is 0 Å². The SMILES string of the molecule is CCOC(=O)c1c(NC(=O)CSc2nnc(CCCCCN3C(=O)c4cccc5cccc(c45)C3=O)o2)sc2c1CCC2. The molecule has 0 fully saturated rings. The van der Waals surface area contributed by atoms with Crippen LogP contribution in [0.1, 0.15) is 80.0 Å². The van der Waals surface area contributed by atoms with E-state index >= 15 is 0 Å². The third-order valence-corrected chi connectivity index (χ3v) is 9.58. The highest BCUT2D eigenvalue weighted by molar-refractivity contribution is 7.99. The number of anilines is 1. The van der Waals surface area contributed by atoms with Gasteiger partial charge in [0.2, 0.25) is 11.8 Å². The monoisotopic (exact) mass is 618 g/mol. The zero-order chi connectivity index (χ0) is 29.9. The van der Waals surface area contributed by atoms with Gasteiger partial charge in [-0.15, -0.1) is 21.5 Å². The Morgan fingerprint density at radius 1 is 1.05 bits per heavy atom. The van der Waals surface area contributed by atoms with Crippen LogP contribution in [0, 0.1) is 0 Å². The summed E-state index contributed by atoms with van der Waals surface area (Å²) in [6.45, 7) is 2.38. The minimum absolute atomic E-state index is 0.0568. The van der Waals surface area contributed by atoms with Gasteiger partial charge in [0.15, 0.2) is 0 Å². The number of aryl methyl sites for hydroxylation is 2. The van der Waals surface area contributed by atoms with Gasteiger partial charge in [-0.1, -0.05) is 42.4 Å². The first kappa shape index (κ1) is 29.1. The van der Waals surface area contributed by atoms with Crippen LogP contribution in [0.4, 0.5) is 5.00 Å². The number of benzene rings is 2. The second-order valence-electron chi connectivity index (χ2n) is 10.4. The molecule has 0 atom stereocenters. The van der Waals surface area contributed by atoms with E-state index in [1.54, 1.807) is 19.1 Å². The summed E-state index contributed by atoms with van der Waals surface area (Å²) in [7, 11) is 0. The van der Waals surface area contributed by atoms with Gasteiger partial charge < -0.3 is 14.5 Å². The standard InChI is InChI=1S/C31H30N4O6S2/c1-2-40-30(39)26-19-11-8-14-22(19)43-27(26)32-23(36)17-42-31-34-33-24(41-31)15-4-3-5-16-35-28(37)20-12-6-9-18-10-7-13-21(25(18)20)29(35)38/h6-7,9-10,12-13H,2-5,8,11,14-17H2,1H3,(H,32,36). The van der Waals surface area contributed by atoms with Gasteiger partial charge in [-0.25, -0.2) is 4.79 Å². The number of aromatic nitrogens is 2. The second-order valence-corrected chi connectivity index (χ2v) is 12.4. The molecule has 3 amide bonds. The quantitative estimate of drug-likeness (QED) is 0.0920. The molecule has 0 saturated carbocycles. The lowest BCUT2D eigenvalue weighted by Crippen LogP contribution is -2.40. The largest absolute Gasteiger partial charge is 0.462 e. The highest BCUT2D eigenvalue weighted by Crippen LogP contribution is 2.39. The zero-order valence-corrected chi connectivity index (χ0v) is 25.3. The minimum atomic E-state index is -0.400. The first-order valence-electron chi connectivity index (χ1n) is 14.4. The Morgan fingerprint density at radius 2 is 1.81 bits per heavy atom. The molecule has 6 rings (SSSR count). The lowest BCUT2D eigenvalue weighted by Gasteiger charge is -2.27. The molecule has 2 aromatic carbocycles. The van der Waals surface area contributed by atoms with E-state index in [9.17, 15) is 19.2 Å². The van der Waals surface area contributed by atoms with E-state index in [2.05, 4.69) is 15.5 Å². The number of nitrogens with zero attached hydrogens (tertiary/aromatic N) is 3. The van der Waals surface area contributed by atoms with Crippen molar-refractivity contribution in [3.8, 4) is 0 Å². The molecule has 0 saturated heterocycles. The van der Waals surface area contributed by atoms with E-state index < -0.39 is 5.97 Å². The molecule has 12 heteroatoms. The average Bonchev–Trinajstić information content (AvgIpc) is 3.73. The van der Waals surface area contributed by atoms with Crippen LogP contribution in [0.15, 0.2) is 46.0 Å². The number of hydrogen-bond acceptors (Lipinski definition) is 10. The van der Waals surface area contributed by atoms with Crippen molar-refractivity contribution in [1.82, 2.24) is 15.1 Å². The molecule has 0 radical (unpaired) electrons. The number of thioether (sulfide) groups is 1. The number of ether oxygens (including phenoxy) is 1. The normalized spacial score (nSPS) is 13.9. The topological polar surface area (TPSA) is 132 Å². The fraction of sp³-hybridized carbons (Fsp3) is 0.355. The predicted octanol–water partition coefficient (Wildman–Crippen LogP) is 5.69. The van der Waals surface area contributed by atoms with Gasteiger partial charge in [-0.2, -0.15) is 0 Å². The predicted molar refractivity (Wildman–Crippen MR) is 163 cm³/mol. The molecule has 3 heterocycles. The van der Waals surface area contributed by atoms with Crippen LogP contribution in [-0.2, 0) is 28.8 Å². The van der Waals surface area contributed by atoms with Crippen molar-refractivity contribution in [3.63, 3.8) is 0 Å². The first-order valence-corrected chi connectivity index (χ1v) is 16.2. The Bertz CT molecular complexity index is 1680. The maximum atomic E-state index is 13.0. The summed E-state index contributed by atoms with van der Waals surface area (Å²) in [5, 5.41) is 13.4. The van der Waals surface area contributed by atoms with Crippen LogP contribution in [-0.4, -0.2) is 57.7 Å². The molecule has 2 aliphatic rings. The van der Waals surface area contributed by atoms with Crippen LogP contribution >= 0.6 is 23.1 Å². The molecule has 222 valence electrons. The van der Waals surface area contributed by atoms with E-state index in [1.165, 1.54) is 16.2 Å². The molecular weight excluding hydrogens is 588 g/mol. The molecule has 0 bridgehead atoms. The number of rotatable bonds is 12. The Labute approximate surface area is 256 Å². The highest BCUT2D eigenvalue weighted by atomic mass is 32.2. The van der Waals surface area contributed by atoms with E-state index in [0.29, 0.717) is 52.2 Å². The van der Waals surface area contributed by atoms with Gasteiger partial charge in [-0.3, -0.25) is 19.3 Å². The number of imide groups is 1. The number of fused-ring (bicyclic) bond motifs is 1. The lowest BCUT2D eigenvalue weighted by molar-refractivity contribution is -0.113. The number of carbonyl (C=O) groups is 4. The smallest absolute Gasteiger partial charge is 0.341 e. The summed E-state index contributed by atoms with van der Waals surface area (Å²) in [4.78, 5) is 53.7. The molecule has 1 aliphatic carbocycles. The van der Waals surface area contributed by atoms with Gasteiger partial charge in [0.1, 0.15) is 5.00 Å². The van der Waals surface area contributed by atoms with E-state index in [1.807, 2.05) is 24.3 Å². The van der Waals surface area contributed by atoms with Crippen molar-refractivity contribution < 1.29 is 28.3 Å². The summed E-state index contributed by atoms with van der Waals surface area (Å²) in [6, 6.07) is 11.1. The number of amides is 3. The van der Waals surface area contributed by atoms with Gasteiger partial charge in [-0.05, 0) is 62.1 Å². The summed E-state index contributed by atoms with van der Waals surface area (Å²) in [5.41, 5.74) is 2.60. The van der Waals surface area contributed by atoms with Crippen LogP contribution in [0.25, 0.3) is 10.8 Å². The molecule has 2 aromatic heterocycles. The number of thiophene rings is 1. The highest BCUT2D eigenvalue weighted by Gasteiger charge is 2.32. The molecule has 1 N–H and O–H groups in total. The maximum Gasteiger partial charge on any atom is 0.341 e. The van der Waals surface area contributed by atoms with E-state index in [4.69, 9.17) is 9.15 Å². The fourth-order valence-electron chi connectivity index (χ4n) is 5.61. The van der Waals surface area contributed by atoms with Gasteiger partial charge >= 0.3 is 5.97 Å². The lowest BCUT2D eigenvalue weighted by atomic mass is 9.94. The molecule has 4 aromatic rings. The summed E-state index contributed by atoms with van der Waals surface area (Å²) in [6.07, 6.45) is 5.44. The minimum Gasteiger partial charge on any atom is -0.462 e.